The predicted molar refractivity (Wildman–Crippen MR) is 50.5 cm³/mol. The molecule has 2 rings (SSSR count). The molecule has 1 aliphatic carbocycles. The minimum atomic E-state index is -3.02. The van der Waals surface area contributed by atoms with Crippen molar-refractivity contribution in [2.24, 2.45) is 0 Å². The van der Waals surface area contributed by atoms with Gasteiger partial charge in [-0.15, -0.1) is 0 Å². The highest BCUT2D eigenvalue weighted by molar-refractivity contribution is 7.91. The summed E-state index contributed by atoms with van der Waals surface area (Å²) in [5.74, 6) is 0.649. The zero-order valence-corrected chi connectivity index (χ0v) is 8.39. The largest absolute Gasteiger partial charge is 0.364 e. The molecular weight excluding hydrogens is 186 g/mol. The summed E-state index contributed by atoms with van der Waals surface area (Å²) in [5, 5.41) is 0. The minimum Gasteiger partial charge on any atom is -0.364 e. The number of aromatic nitrogens is 1. The van der Waals surface area contributed by atoms with Crippen molar-refractivity contribution in [3.05, 3.63) is 18.0 Å². The third kappa shape index (κ3) is 1.50. The molecule has 1 aromatic rings. The van der Waals surface area contributed by atoms with E-state index in [1.165, 1.54) is 0 Å². The zero-order valence-electron chi connectivity index (χ0n) is 7.58. The van der Waals surface area contributed by atoms with Crippen LogP contribution in [0.3, 0.4) is 0 Å². The van der Waals surface area contributed by atoms with Crippen molar-refractivity contribution in [1.29, 1.82) is 0 Å². The van der Waals surface area contributed by atoms with Crippen LogP contribution in [-0.4, -0.2) is 19.2 Å². The van der Waals surface area contributed by atoms with Crippen LogP contribution in [0.2, 0.25) is 0 Å². The van der Waals surface area contributed by atoms with E-state index in [1.807, 2.05) is 0 Å². The zero-order chi connectivity index (χ0) is 9.47. The number of H-pyrrole nitrogens is 1. The van der Waals surface area contributed by atoms with E-state index in [0.29, 0.717) is 10.8 Å². The van der Waals surface area contributed by atoms with Crippen molar-refractivity contribution in [2.75, 3.05) is 5.75 Å². The number of aromatic amines is 1. The van der Waals surface area contributed by atoms with Gasteiger partial charge in [-0.25, -0.2) is 8.42 Å². The molecule has 0 bridgehead atoms. The molecule has 1 heterocycles. The fraction of sp³-hybridized carbons (Fsp3) is 0.556. The molecular formula is C9H13NO2S. The maximum absolute atomic E-state index is 11.6. The molecule has 0 unspecified atom stereocenters. The summed E-state index contributed by atoms with van der Waals surface area (Å²) < 4.78 is 23.2. The summed E-state index contributed by atoms with van der Waals surface area (Å²) in [6.07, 6.45) is 3.95. The Hall–Kier alpha value is -0.770. The summed E-state index contributed by atoms with van der Waals surface area (Å²) in [5.41, 5.74) is 0.918. The first-order valence-electron chi connectivity index (χ1n) is 4.55. The summed E-state index contributed by atoms with van der Waals surface area (Å²) in [4.78, 5) is 3.54. The van der Waals surface area contributed by atoms with Gasteiger partial charge in [0.05, 0.1) is 10.6 Å². The van der Waals surface area contributed by atoms with Gasteiger partial charge in [0.2, 0.25) is 0 Å². The van der Waals surface area contributed by atoms with E-state index in [0.717, 1.165) is 18.5 Å². The van der Waals surface area contributed by atoms with Crippen LogP contribution in [-0.2, 0) is 9.84 Å². The standard InChI is InChI=1S/C9H13NO2S/c1-2-13(11,12)8-5-6-10-9(8)7-3-4-7/h5-7,10H,2-4H2,1H3. The van der Waals surface area contributed by atoms with E-state index in [4.69, 9.17) is 0 Å². The Labute approximate surface area is 78.1 Å². The summed E-state index contributed by atoms with van der Waals surface area (Å²) in [6, 6.07) is 1.67. The van der Waals surface area contributed by atoms with Gasteiger partial charge in [0, 0.05) is 17.8 Å². The molecule has 0 atom stereocenters. The van der Waals surface area contributed by atoms with Crippen molar-refractivity contribution in [2.45, 2.75) is 30.6 Å². The molecule has 1 N–H and O–H groups in total. The van der Waals surface area contributed by atoms with Crippen molar-refractivity contribution in [3.8, 4) is 0 Å². The monoisotopic (exact) mass is 199 g/mol. The summed E-state index contributed by atoms with van der Waals surface area (Å²) in [6.45, 7) is 1.68. The number of sulfone groups is 1. The minimum absolute atomic E-state index is 0.185. The summed E-state index contributed by atoms with van der Waals surface area (Å²) >= 11 is 0. The van der Waals surface area contributed by atoms with Crippen LogP contribution < -0.4 is 0 Å². The SMILES string of the molecule is CCS(=O)(=O)c1cc[nH]c1C1CC1. The molecule has 0 aliphatic heterocycles. The lowest BCUT2D eigenvalue weighted by molar-refractivity contribution is 0.596. The van der Waals surface area contributed by atoms with Crippen molar-refractivity contribution in [3.63, 3.8) is 0 Å². The van der Waals surface area contributed by atoms with Crippen LogP contribution >= 0.6 is 0 Å². The molecule has 0 spiro atoms. The molecule has 4 heteroatoms. The fourth-order valence-electron chi connectivity index (χ4n) is 1.49. The number of rotatable bonds is 3. The van der Waals surface area contributed by atoms with Crippen molar-refractivity contribution in [1.82, 2.24) is 4.98 Å². The normalized spacial score (nSPS) is 17.6. The van der Waals surface area contributed by atoms with Gasteiger partial charge in [0.1, 0.15) is 0 Å². The second-order valence-electron chi connectivity index (χ2n) is 3.43. The van der Waals surface area contributed by atoms with Crippen molar-refractivity contribution < 1.29 is 8.42 Å². The van der Waals surface area contributed by atoms with Gasteiger partial charge in [-0.2, -0.15) is 0 Å². The third-order valence-corrected chi connectivity index (χ3v) is 4.23. The number of hydrogen-bond acceptors (Lipinski definition) is 2. The van der Waals surface area contributed by atoms with E-state index < -0.39 is 9.84 Å². The molecule has 72 valence electrons. The van der Waals surface area contributed by atoms with Crippen molar-refractivity contribution >= 4 is 9.84 Å². The lowest BCUT2D eigenvalue weighted by Crippen LogP contribution is -2.05. The second kappa shape index (κ2) is 2.87. The lowest BCUT2D eigenvalue weighted by Gasteiger charge is -2.01. The van der Waals surface area contributed by atoms with E-state index >= 15 is 0 Å². The quantitative estimate of drug-likeness (QED) is 0.805. The molecule has 1 fully saturated rings. The molecule has 1 saturated carbocycles. The number of hydrogen-bond donors (Lipinski definition) is 1. The van der Waals surface area contributed by atoms with Gasteiger partial charge < -0.3 is 4.98 Å². The van der Waals surface area contributed by atoms with Gasteiger partial charge in [-0.3, -0.25) is 0 Å². The van der Waals surface area contributed by atoms with E-state index in [1.54, 1.807) is 19.2 Å². The van der Waals surface area contributed by atoms with Gasteiger partial charge in [-0.1, -0.05) is 6.92 Å². The van der Waals surface area contributed by atoms with Crippen LogP contribution in [0.4, 0.5) is 0 Å². The van der Waals surface area contributed by atoms with E-state index in [-0.39, 0.29) is 5.75 Å². The third-order valence-electron chi connectivity index (χ3n) is 2.44. The topological polar surface area (TPSA) is 49.9 Å². The number of nitrogens with one attached hydrogen (secondary N) is 1. The second-order valence-corrected chi connectivity index (χ2v) is 5.68. The fourth-order valence-corrected chi connectivity index (χ4v) is 2.63. The predicted octanol–water partition coefficient (Wildman–Crippen LogP) is 1.69. The highest BCUT2D eigenvalue weighted by Crippen LogP contribution is 2.42. The van der Waals surface area contributed by atoms with Crippen LogP contribution in [0.1, 0.15) is 31.4 Å². The Balaban J connectivity index is 2.45. The maximum Gasteiger partial charge on any atom is 0.179 e. The van der Waals surface area contributed by atoms with Crippen LogP contribution in [0.15, 0.2) is 17.2 Å². The van der Waals surface area contributed by atoms with Gasteiger partial charge in [0.25, 0.3) is 0 Å². The van der Waals surface area contributed by atoms with Crippen LogP contribution in [0, 0.1) is 0 Å². The average molecular weight is 199 g/mol. The first-order valence-corrected chi connectivity index (χ1v) is 6.20. The van der Waals surface area contributed by atoms with Gasteiger partial charge in [0.15, 0.2) is 9.84 Å². The highest BCUT2D eigenvalue weighted by atomic mass is 32.2. The molecule has 0 aromatic carbocycles. The Morgan fingerprint density at radius 1 is 1.54 bits per heavy atom. The Morgan fingerprint density at radius 3 is 2.77 bits per heavy atom. The van der Waals surface area contributed by atoms with Crippen LogP contribution in [0.25, 0.3) is 0 Å². The Kier molecular flexibility index (Phi) is 1.95. The van der Waals surface area contributed by atoms with Crippen LogP contribution in [0.5, 0.6) is 0 Å². The van der Waals surface area contributed by atoms with E-state index in [2.05, 4.69) is 4.98 Å². The smallest absolute Gasteiger partial charge is 0.179 e. The Morgan fingerprint density at radius 2 is 2.23 bits per heavy atom. The maximum atomic E-state index is 11.6. The molecule has 0 radical (unpaired) electrons. The average Bonchev–Trinajstić information content (AvgIpc) is 2.83. The molecule has 1 aromatic heterocycles. The first-order chi connectivity index (χ1) is 6.15. The van der Waals surface area contributed by atoms with Gasteiger partial charge >= 0.3 is 0 Å². The molecule has 13 heavy (non-hydrogen) atoms. The molecule has 1 aliphatic rings. The molecule has 3 nitrogen and oxygen atoms in total. The molecule has 0 amide bonds. The lowest BCUT2D eigenvalue weighted by atomic mass is 10.3. The van der Waals surface area contributed by atoms with E-state index in [9.17, 15) is 8.42 Å². The van der Waals surface area contributed by atoms with Gasteiger partial charge in [-0.05, 0) is 18.9 Å². The highest BCUT2D eigenvalue weighted by Gasteiger charge is 2.30. The Bertz CT molecular complexity index is 401. The summed E-state index contributed by atoms with van der Waals surface area (Å²) in [7, 11) is -3.02. The molecule has 0 saturated heterocycles. The first kappa shape index (κ1) is 8.81.